The van der Waals surface area contributed by atoms with E-state index in [-0.39, 0.29) is 14.7 Å². The van der Waals surface area contributed by atoms with Crippen molar-refractivity contribution in [2.45, 2.75) is 6.92 Å². The van der Waals surface area contributed by atoms with Crippen molar-refractivity contribution in [1.29, 1.82) is 0 Å². The molecule has 0 radical (unpaired) electrons. The van der Waals surface area contributed by atoms with Crippen LogP contribution in [-0.4, -0.2) is 5.78 Å². The highest BCUT2D eigenvalue weighted by molar-refractivity contribution is 9.34. The average molecular weight is 206 g/mol. The van der Waals surface area contributed by atoms with E-state index in [4.69, 9.17) is 0 Å². The summed E-state index contributed by atoms with van der Waals surface area (Å²) in [6.07, 6.45) is 0. The van der Waals surface area contributed by atoms with Crippen LogP contribution in [0, 0.1) is 0 Å². The summed E-state index contributed by atoms with van der Waals surface area (Å²) in [5.41, 5.74) is 0.815. The van der Waals surface area contributed by atoms with Crippen molar-refractivity contribution in [2.75, 3.05) is 0 Å². The summed E-state index contributed by atoms with van der Waals surface area (Å²) in [5.74, 6) is 0.140. The van der Waals surface area contributed by atoms with Gasteiger partial charge in [0.25, 0.3) is 14.8 Å². The second kappa shape index (κ2) is 2.62. The smallest absolute Gasteiger partial charge is 0.268 e. The van der Waals surface area contributed by atoms with E-state index in [1.54, 1.807) is 6.92 Å². The maximum Gasteiger partial charge on any atom is 0.268 e. The first kappa shape index (κ1) is 6.96. The number of hydrogen-bond donors (Lipinski definition) is 0. The van der Waals surface area contributed by atoms with E-state index in [1.165, 1.54) is 0 Å². The van der Waals surface area contributed by atoms with Gasteiger partial charge in [-0.3, -0.25) is 4.79 Å². The molecular formula is C6H6BrOS+. The molecule has 1 unspecified atom stereocenters. The number of rotatable bonds is 1. The van der Waals surface area contributed by atoms with Gasteiger partial charge in [0.15, 0.2) is 16.5 Å². The first-order valence-electron chi connectivity index (χ1n) is 2.49. The Hall–Kier alpha value is -0.150. The molecule has 1 atom stereocenters. The van der Waals surface area contributed by atoms with Crippen LogP contribution in [0.25, 0.3) is 0 Å². The number of Topliss-reactive ketones (excluding diaryl/α,β-unsaturated/α-hetero) is 1. The van der Waals surface area contributed by atoms with Crippen molar-refractivity contribution in [3.05, 3.63) is 22.4 Å². The van der Waals surface area contributed by atoms with Gasteiger partial charge >= 0.3 is 0 Å². The first-order valence-corrected chi connectivity index (χ1v) is 5.68. The summed E-state index contributed by atoms with van der Waals surface area (Å²) in [4.78, 5) is 10.7. The Kier molecular flexibility index (Phi) is 2.03. The van der Waals surface area contributed by atoms with Crippen molar-refractivity contribution in [3.63, 3.8) is 0 Å². The van der Waals surface area contributed by atoms with Crippen molar-refractivity contribution < 1.29 is 4.79 Å². The van der Waals surface area contributed by atoms with Gasteiger partial charge in [-0.15, -0.1) is 0 Å². The number of carbonyl (C=O) groups is 1. The molecule has 1 aromatic rings. The van der Waals surface area contributed by atoms with E-state index in [0.717, 1.165) is 5.56 Å². The molecule has 0 saturated carbocycles. The molecule has 0 saturated heterocycles. The Morgan fingerprint density at radius 2 is 2.44 bits per heavy atom. The lowest BCUT2D eigenvalue weighted by Crippen LogP contribution is -1.85. The summed E-state index contributed by atoms with van der Waals surface area (Å²) < 4.78 is 0. The van der Waals surface area contributed by atoms with E-state index in [2.05, 4.69) is 14.8 Å². The normalized spacial score (nSPS) is 11.6. The first-order chi connectivity index (χ1) is 4.20. The predicted octanol–water partition coefficient (Wildman–Crippen LogP) is 2.80. The van der Waals surface area contributed by atoms with Gasteiger partial charge in [0.1, 0.15) is 0 Å². The Labute approximate surface area is 63.9 Å². The molecule has 0 N–H and O–H groups in total. The van der Waals surface area contributed by atoms with Crippen LogP contribution >= 0.6 is 23.7 Å². The van der Waals surface area contributed by atoms with Crippen molar-refractivity contribution in [3.8, 4) is 0 Å². The Balaban J connectivity index is 2.98. The Bertz CT molecular complexity index is 229. The molecule has 0 aliphatic heterocycles. The molecule has 0 aliphatic rings. The molecular weight excluding hydrogens is 200 g/mol. The summed E-state index contributed by atoms with van der Waals surface area (Å²) >= 11 is 3.36. The van der Waals surface area contributed by atoms with Gasteiger partial charge in [-0.25, -0.2) is 0 Å². The third-order valence-electron chi connectivity index (χ3n) is 1.02. The molecule has 0 bridgehead atoms. The third-order valence-corrected chi connectivity index (χ3v) is 3.11. The van der Waals surface area contributed by atoms with E-state index >= 15 is 0 Å². The van der Waals surface area contributed by atoms with Crippen LogP contribution in [0.4, 0.5) is 0 Å². The lowest BCUT2D eigenvalue weighted by Gasteiger charge is -1.76. The molecule has 9 heavy (non-hydrogen) atoms. The summed E-state index contributed by atoms with van der Waals surface area (Å²) in [6, 6.07) is 1.85. The molecule has 48 valence electrons. The lowest BCUT2D eigenvalue weighted by atomic mass is 10.2. The summed E-state index contributed by atoms with van der Waals surface area (Å²) in [6.45, 7) is 1.58. The largest absolute Gasteiger partial charge is 0.294 e. The van der Waals surface area contributed by atoms with Crippen molar-refractivity contribution in [1.82, 2.24) is 0 Å². The van der Waals surface area contributed by atoms with Crippen LogP contribution in [0.3, 0.4) is 0 Å². The van der Waals surface area contributed by atoms with Crippen LogP contribution in [0.5, 0.6) is 0 Å². The van der Waals surface area contributed by atoms with Crippen LogP contribution in [0.1, 0.15) is 17.3 Å². The molecule has 1 nitrogen and oxygen atoms in total. The highest BCUT2D eigenvalue weighted by atomic mass is 79.9. The minimum atomic E-state index is 0.0256. The number of carbonyl (C=O) groups excluding carboxylic acids is 1. The van der Waals surface area contributed by atoms with E-state index < -0.39 is 0 Å². The van der Waals surface area contributed by atoms with Gasteiger partial charge in [-0.1, -0.05) is 0 Å². The molecule has 1 heterocycles. The van der Waals surface area contributed by atoms with Crippen LogP contribution in [0.15, 0.2) is 16.8 Å². The number of hydrogen-bond acceptors (Lipinski definition) is 1. The fourth-order valence-corrected chi connectivity index (χ4v) is 2.31. The zero-order chi connectivity index (χ0) is 6.85. The third kappa shape index (κ3) is 1.63. The Morgan fingerprint density at radius 3 is 2.67 bits per heavy atom. The fourth-order valence-electron chi connectivity index (χ4n) is 0.539. The minimum Gasteiger partial charge on any atom is -0.294 e. The molecule has 0 amide bonds. The molecule has 1 aromatic heterocycles. The molecule has 3 heteroatoms. The summed E-state index contributed by atoms with van der Waals surface area (Å²) in [5, 5.41) is 3.89. The highest BCUT2D eigenvalue weighted by Gasteiger charge is 2.06. The van der Waals surface area contributed by atoms with Crippen LogP contribution in [-0.2, 0) is 0 Å². The Morgan fingerprint density at radius 1 is 1.78 bits per heavy atom. The van der Waals surface area contributed by atoms with Gasteiger partial charge in [-0.2, -0.15) is 0 Å². The molecule has 1 rings (SSSR count). The fraction of sp³-hybridized carbons (Fsp3) is 0.167. The highest BCUT2D eigenvalue weighted by Crippen LogP contribution is 2.26. The maximum atomic E-state index is 10.7. The van der Waals surface area contributed by atoms with Gasteiger partial charge in [0, 0.05) is 6.07 Å². The van der Waals surface area contributed by atoms with Crippen molar-refractivity contribution >= 4 is 29.5 Å². The van der Waals surface area contributed by atoms with E-state index in [0.29, 0.717) is 0 Å². The standard InChI is InChI=1S/C6H6BrOS/c1-5(8)6-2-3-9(7)4-6/h2-4H,1H3/q+1. The van der Waals surface area contributed by atoms with Gasteiger partial charge < -0.3 is 0 Å². The SMILES string of the molecule is CC(=O)c1cc[s+](Br)c1. The maximum absolute atomic E-state index is 10.7. The van der Waals surface area contributed by atoms with E-state index in [1.807, 2.05) is 16.8 Å². The monoisotopic (exact) mass is 205 g/mol. The average Bonchev–Trinajstić information content (AvgIpc) is 2.14. The van der Waals surface area contributed by atoms with Crippen LogP contribution in [0.2, 0.25) is 0 Å². The molecule has 0 spiro atoms. The minimum absolute atomic E-state index is 0.0256. The number of thiophene rings is 1. The zero-order valence-corrected chi connectivity index (χ0v) is 7.33. The molecule has 0 aromatic carbocycles. The number of halogens is 1. The quantitative estimate of drug-likeness (QED) is 0.510. The van der Waals surface area contributed by atoms with Gasteiger partial charge in [-0.05, 0) is 6.92 Å². The second-order valence-corrected chi connectivity index (χ2v) is 5.13. The van der Waals surface area contributed by atoms with Crippen LogP contribution < -0.4 is 0 Å². The number of ketones is 1. The van der Waals surface area contributed by atoms with Gasteiger partial charge in [0.05, 0.1) is 14.5 Å². The second-order valence-electron chi connectivity index (χ2n) is 1.75. The molecule has 0 aliphatic carbocycles. The topological polar surface area (TPSA) is 17.1 Å². The summed E-state index contributed by atoms with van der Waals surface area (Å²) in [7, 11) is 0.0256. The molecule has 0 fully saturated rings. The lowest BCUT2D eigenvalue weighted by molar-refractivity contribution is 0.101. The zero-order valence-electron chi connectivity index (χ0n) is 4.93. The van der Waals surface area contributed by atoms with Gasteiger partial charge in [0.2, 0.25) is 0 Å². The predicted molar refractivity (Wildman–Crippen MR) is 43.3 cm³/mol. The van der Waals surface area contributed by atoms with Crippen molar-refractivity contribution in [2.24, 2.45) is 0 Å². The van der Waals surface area contributed by atoms with E-state index in [9.17, 15) is 4.79 Å².